The molecular weight excluding hydrogens is 311 g/mol. The lowest BCUT2D eigenvalue weighted by Gasteiger charge is -2.36. The number of pyridine rings is 1. The Balaban J connectivity index is 0.00000200. The minimum absolute atomic E-state index is 0. The molecule has 1 aliphatic carbocycles. The second-order valence-corrected chi connectivity index (χ2v) is 5.04. The zero-order valence-corrected chi connectivity index (χ0v) is 14.1. The van der Waals surface area contributed by atoms with Gasteiger partial charge >= 0.3 is 0 Å². The van der Waals surface area contributed by atoms with Gasteiger partial charge in [-0.05, 0) is 45.2 Å². The third-order valence-electron chi connectivity index (χ3n) is 3.79. The molecule has 0 spiro atoms. The van der Waals surface area contributed by atoms with Crippen molar-refractivity contribution >= 4 is 42.2 Å². The lowest BCUT2D eigenvalue weighted by Crippen LogP contribution is -2.56. The van der Waals surface area contributed by atoms with Crippen LogP contribution in [0.4, 0.5) is 11.5 Å². The highest BCUT2D eigenvalue weighted by Gasteiger charge is 2.40. The Bertz CT molecular complexity index is 445. The second kappa shape index (κ2) is 8.41. The van der Waals surface area contributed by atoms with Crippen LogP contribution < -0.4 is 16.0 Å². The second-order valence-electron chi connectivity index (χ2n) is 5.04. The van der Waals surface area contributed by atoms with Crippen LogP contribution in [-0.4, -0.2) is 29.5 Å². The molecule has 0 bridgehead atoms. The monoisotopic (exact) mass is 334 g/mol. The summed E-state index contributed by atoms with van der Waals surface area (Å²) in [6.07, 6.45) is 4.25. The van der Waals surface area contributed by atoms with Crippen molar-refractivity contribution in [2.75, 3.05) is 23.3 Å². The molecule has 1 fully saturated rings. The van der Waals surface area contributed by atoms with Crippen molar-refractivity contribution in [2.45, 2.75) is 38.6 Å². The third kappa shape index (κ3) is 4.46. The largest absolute Gasteiger partial charge is 0.357 e. The summed E-state index contributed by atoms with van der Waals surface area (Å²) in [6, 6.07) is 3.80. The van der Waals surface area contributed by atoms with Gasteiger partial charge in [0.15, 0.2) is 0 Å². The molecule has 1 aliphatic rings. The first-order chi connectivity index (χ1) is 9.09. The Hall–Kier alpha value is -1.04. The predicted molar refractivity (Wildman–Crippen MR) is 91.7 cm³/mol. The molecule has 21 heavy (non-hydrogen) atoms. The van der Waals surface area contributed by atoms with Crippen molar-refractivity contribution in [2.24, 2.45) is 5.73 Å². The van der Waals surface area contributed by atoms with Crippen molar-refractivity contribution in [3.63, 3.8) is 0 Å². The Morgan fingerprint density at radius 3 is 2.33 bits per heavy atom. The molecule has 1 saturated carbocycles. The smallest absolute Gasteiger partial charge is 0.244 e. The number of nitrogens with two attached hydrogens (primary N) is 1. The standard InChI is InChI=1S/C14H22N4O.2ClH/c1-3-18(4-2)12-7-6-11(10-16-12)17-13(19)14(15)8-5-9-14;;/h6-7,10H,3-5,8-9,15H2,1-2H3,(H,17,19);2*1H. The van der Waals surface area contributed by atoms with Gasteiger partial charge in [0.1, 0.15) is 5.82 Å². The highest BCUT2D eigenvalue weighted by atomic mass is 35.5. The molecule has 3 N–H and O–H groups in total. The quantitative estimate of drug-likeness (QED) is 0.868. The molecule has 0 aromatic carbocycles. The first-order valence-corrected chi connectivity index (χ1v) is 6.90. The average molecular weight is 335 g/mol. The van der Waals surface area contributed by atoms with Crippen LogP contribution in [-0.2, 0) is 4.79 Å². The molecule has 120 valence electrons. The maximum atomic E-state index is 12.0. The minimum Gasteiger partial charge on any atom is -0.357 e. The van der Waals surface area contributed by atoms with Crippen molar-refractivity contribution < 1.29 is 4.79 Å². The van der Waals surface area contributed by atoms with Crippen LogP contribution in [0.3, 0.4) is 0 Å². The number of rotatable bonds is 5. The highest BCUT2D eigenvalue weighted by Crippen LogP contribution is 2.30. The van der Waals surface area contributed by atoms with Gasteiger partial charge in [-0.15, -0.1) is 24.8 Å². The minimum atomic E-state index is -0.669. The molecule has 0 aliphatic heterocycles. The number of halogens is 2. The number of hydrogen-bond acceptors (Lipinski definition) is 4. The van der Waals surface area contributed by atoms with Gasteiger partial charge in [-0.2, -0.15) is 0 Å². The number of amides is 1. The first kappa shape index (κ1) is 20.0. The first-order valence-electron chi connectivity index (χ1n) is 6.90. The lowest BCUT2D eigenvalue weighted by molar-refractivity contribution is -0.123. The Morgan fingerprint density at radius 1 is 1.33 bits per heavy atom. The molecule has 1 amide bonds. The fourth-order valence-corrected chi connectivity index (χ4v) is 2.23. The van der Waals surface area contributed by atoms with E-state index in [1.165, 1.54) is 0 Å². The summed E-state index contributed by atoms with van der Waals surface area (Å²) >= 11 is 0. The molecule has 0 unspecified atom stereocenters. The van der Waals surface area contributed by atoms with E-state index in [1.54, 1.807) is 6.20 Å². The van der Waals surface area contributed by atoms with E-state index >= 15 is 0 Å². The Labute approximate surface area is 138 Å². The van der Waals surface area contributed by atoms with Crippen LogP contribution in [0.15, 0.2) is 18.3 Å². The molecule has 1 heterocycles. The molecule has 0 radical (unpaired) electrons. The number of anilines is 2. The van der Waals surface area contributed by atoms with E-state index in [2.05, 4.69) is 29.0 Å². The lowest BCUT2D eigenvalue weighted by atomic mass is 9.77. The highest BCUT2D eigenvalue weighted by molar-refractivity contribution is 5.98. The third-order valence-corrected chi connectivity index (χ3v) is 3.79. The van der Waals surface area contributed by atoms with Crippen LogP contribution in [0.5, 0.6) is 0 Å². The summed E-state index contributed by atoms with van der Waals surface area (Å²) in [7, 11) is 0. The van der Waals surface area contributed by atoms with Crippen molar-refractivity contribution in [3.05, 3.63) is 18.3 Å². The average Bonchev–Trinajstić information content (AvgIpc) is 2.39. The van der Waals surface area contributed by atoms with E-state index in [9.17, 15) is 4.79 Å². The van der Waals surface area contributed by atoms with Crippen LogP contribution in [0, 0.1) is 0 Å². The van der Waals surface area contributed by atoms with E-state index in [4.69, 9.17) is 5.73 Å². The number of carbonyl (C=O) groups excluding carboxylic acids is 1. The fraction of sp³-hybridized carbons (Fsp3) is 0.571. The van der Waals surface area contributed by atoms with E-state index < -0.39 is 5.54 Å². The molecule has 2 rings (SSSR count). The normalized spacial score (nSPS) is 15.0. The van der Waals surface area contributed by atoms with E-state index in [-0.39, 0.29) is 30.7 Å². The molecule has 0 atom stereocenters. The molecule has 7 heteroatoms. The van der Waals surface area contributed by atoms with Gasteiger partial charge in [0.2, 0.25) is 5.91 Å². The number of nitrogens with one attached hydrogen (secondary N) is 1. The SMILES string of the molecule is CCN(CC)c1ccc(NC(=O)C2(N)CCC2)cn1.Cl.Cl. The summed E-state index contributed by atoms with van der Waals surface area (Å²) < 4.78 is 0. The Morgan fingerprint density at radius 2 is 1.95 bits per heavy atom. The van der Waals surface area contributed by atoms with E-state index in [1.807, 2.05) is 12.1 Å². The zero-order valence-electron chi connectivity index (χ0n) is 12.5. The van der Waals surface area contributed by atoms with E-state index in [0.717, 1.165) is 38.2 Å². The van der Waals surface area contributed by atoms with Gasteiger partial charge in [-0.3, -0.25) is 4.79 Å². The topological polar surface area (TPSA) is 71.2 Å². The summed E-state index contributed by atoms with van der Waals surface area (Å²) in [5.74, 6) is 0.824. The summed E-state index contributed by atoms with van der Waals surface area (Å²) in [5.41, 5.74) is 6.01. The number of hydrogen-bond donors (Lipinski definition) is 2. The fourth-order valence-electron chi connectivity index (χ4n) is 2.23. The summed E-state index contributed by atoms with van der Waals surface area (Å²) in [4.78, 5) is 18.5. The summed E-state index contributed by atoms with van der Waals surface area (Å²) in [5, 5.41) is 2.84. The van der Waals surface area contributed by atoms with Crippen LogP contribution in [0.1, 0.15) is 33.1 Å². The zero-order chi connectivity index (χ0) is 13.9. The van der Waals surface area contributed by atoms with Crippen molar-refractivity contribution in [3.8, 4) is 0 Å². The van der Waals surface area contributed by atoms with Gasteiger partial charge in [0.05, 0.1) is 17.4 Å². The summed E-state index contributed by atoms with van der Waals surface area (Å²) in [6.45, 7) is 6.02. The van der Waals surface area contributed by atoms with Gasteiger partial charge < -0.3 is 16.0 Å². The predicted octanol–water partition coefficient (Wildman–Crippen LogP) is 2.59. The van der Waals surface area contributed by atoms with Crippen molar-refractivity contribution in [1.82, 2.24) is 4.98 Å². The van der Waals surface area contributed by atoms with Crippen LogP contribution >= 0.6 is 24.8 Å². The van der Waals surface area contributed by atoms with Crippen LogP contribution in [0.2, 0.25) is 0 Å². The van der Waals surface area contributed by atoms with E-state index in [0.29, 0.717) is 5.69 Å². The molecule has 5 nitrogen and oxygen atoms in total. The van der Waals surface area contributed by atoms with Gasteiger partial charge in [0, 0.05) is 13.1 Å². The molecule has 1 aromatic heterocycles. The Kier molecular flexibility index (Phi) is 8.00. The van der Waals surface area contributed by atoms with Crippen LogP contribution in [0.25, 0.3) is 0 Å². The molecule has 1 aromatic rings. The van der Waals surface area contributed by atoms with Crippen molar-refractivity contribution in [1.29, 1.82) is 0 Å². The van der Waals surface area contributed by atoms with Gasteiger partial charge in [-0.25, -0.2) is 4.98 Å². The maximum Gasteiger partial charge on any atom is 0.244 e. The maximum absolute atomic E-state index is 12.0. The molecular formula is C14H24Cl2N4O. The van der Waals surface area contributed by atoms with Gasteiger partial charge in [-0.1, -0.05) is 0 Å². The van der Waals surface area contributed by atoms with Gasteiger partial charge in [0.25, 0.3) is 0 Å². The number of aromatic nitrogens is 1. The molecule has 0 saturated heterocycles. The number of nitrogens with zero attached hydrogens (tertiary/aromatic N) is 2. The number of carbonyl (C=O) groups is 1.